The minimum absolute atomic E-state index is 0.307. The van der Waals surface area contributed by atoms with Gasteiger partial charge in [-0.15, -0.1) is 0 Å². The molecule has 0 atom stereocenters. The number of hydrogen-bond donors (Lipinski definition) is 0. The van der Waals surface area contributed by atoms with Gasteiger partial charge in [0.15, 0.2) is 5.82 Å². The van der Waals surface area contributed by atoms with Crippen LogP contribution in [0.15, 0.2) is 47.4 Å². The molecular formula is C17H19N5O3. The molecular weight excluding hydrogens is 322 g/mol. The Balaban J connectivity index is 1.90. The van der Waals surface area contributed by atoms with Crippen molar-refractivity contribution in [3.63, 3.8) is 0 Å². The van der Waals surface area contributed by atoms with Crippen LogP contribution in [-0.2, 0) is 17.8 Å². The van der Waals surface area contributed by atoms with E-state index in [0.29, 0.717) is 36.8 Å². The van der Waals surface area contributed by atoms with Gasteiger partial charge in [0.05, 0.1) is 24.2 Å². The minimum Gasteiger partial charge on any atom is -0.462 e. The lowest BCUT2D eigenvalue weighted by atomic mass is 10.2. The molecule has 0 bridgehead atoms. The molecule has 0 aliphatic carbocycles. The lowest BCUT2D eigenvalue weighted by molar-refractivity contribution is 0.0524. The van der Waals surface area contributed by atoms with Gasteiger partial charge in [0.2, 0.25) is 0 Å². The average molecular weight is 341 g/mol. The predicted molar refractivity (Wildman–Crippen MR) is 89.0 cm³/mol. The SMILES string of the molecule is CCOC(=O)c1cnn(-c2ccccn2)c1CN(C)Cc1ccon1. The zero-order chi connectivity index (χ0) is 17.6. The fourth-order valence-electron chi connectivity index (χ4n) is 2.49. The summed E-state index contributed by atoms with van der Waals surface area (Å²) >= 11 is 0. The van der Waals surface area contributed by atoms with Gasteiger partial charge in [-0.2, -0.15) is 5.10 Å². The van der Waals surface area contributed by atoms with Gasteiger partial charge in [-0.05, 0) is 26.1 Å². The highest BCUT2D eigenvalue weighted by Crippen LogP contribution is 2.17. The first-order valence-electron chi connectivity index (χ1n) is 7.92. The van der Waals surface area contributed by atoms with E-state index in [-0.39, 0.29) is 0 Å². The van der Waals surface area contributed by atoms with E-state index in [1.807, 2.05) is 30.1 Å². The molecule has 3 heterocycles. The van der Waals surface area contributed by atoms with Crippen LogP contribution in [0.3, 0.4) is 0 Å². The maximum absolute atomic E-state index is 12.3. The van der Waals surface area contributed by atoms with Crippen molar-refractivity contribution in [1.29, 1.82) is 0 Å². The summed E-state index contributed by atoms with van der Waals surface area (Å²) in [6, 6.07) is 7.34. The third kappa shape index (κ3) is 3.92. The van der Waals surface area contributed by atoms with Crippen molar-refractivity contribution in [2.24, 2.45) is 0 Å². The fraction of sp³-hybridized carbons (Fsp3) is 0.294. The first-order valence-corrected chi connectivity index (χ1v) is 7.92. The molecule has 8 heteroatoms. The van der Waals surface area contributed by atoms with E-state index in [4.69, 9.17) is 9.26 Å². The van der Waals surface area contributed by atoms with E-state index in [1.165, 1.54) is 12.5 Å². The Bertz CT molecular complexity index is 814. The molecule has 0 saturated carbocycles. The Kier molecular flexibility index (Phi) is 5.20. The molecule has 0 saturated heterocycles. The van der Waals surface area contributed by atoms with E-state index in [0.717, 1.165) is 5.69 Å². The number of carbonyl (C=O) groups is 1. The van der Waals surface area contributed by atoms with Gasteiger partial charge in [-0.1, -0.05) is 11.2 Å². The second kappa shape index (κ2) is 7.71. The van der Waals surface area contributed by atoms with Crippen molar-refractivity contribution in [3.05, 3.63) is 59.9 Å². The Labute approximate surface area is 145 Å². The summed E-state index contributed by atoms with van der Waals surface area (Å²) < 4.78 is 11.7. The van der Waals surface area contributed by atoms with E-state index in [2.05, 4.69) is 15.2 Å². The summed E-state index contributed by atoms with van der Waals surface area (Å²) in [6.07, 6.45) is 4.74. The maximum Gasteiger partial charge on any atom is 0.341 e. The van der Waals surface area contributed by atoms with Crippen LogP contribution in [0.25, 0.3) is 5.82 Å². The van der Waals surface area contributed by atoms with Gasteiger partial charge in [-0.25, -0.2) is 14.5 Å². The van der Waals surface area contributed by atoms with Crippen molar-refractivity contribution in [1.82, 2.24) is 24.8 Å². The third-order valence-corrected chi connectivity index (χ3v) is 3.57. The maximum atomic E-state index is 12.3. The molecule has 0 radical (unpaired) electrons. The van der Waals surface area contributed by atoms with Crippen LogP contribution in [0.4, 0.5) is 0 Å². The van der Waals surface area contributed by atoms with Crippen molar-refractivity contribution < 1.29 is 14.1 Å². The molecule has 0 unspecified atom stereocenters. The number of carbonyl (C=O) groups excluding carboxylic acids is 1. The lowest BCUT2D eigenvalue weighted by Gasteiger charge is -2.17. The lowest BCUT2D eigenvalue weighted by Crippen LogP contribution is -2.22. The number of pyridine rings is 1. The van der Waals surface area contributed by atoms with E-state index >= 15 is 0 Å². The summed E-state index contributed by atoms with van der Waals surface area (Å²) in [5.74, 6) is 0.248. The second-order valence-electron chi connectivity index (χ2n) is 5.49. The van der Waals surface area contributed by atoms with Gasteiger partial charge in [0.1, 0.15) is 11.8 Å². The fourth-order valence-corrected chi connectivity index (χ4v) is 2.49. The van der Waals surface area contributed by atoms with Crippen molar-refractivity contribution in [2.75, 3.05) is 13.7 Å². The molecule has 3 aromatic rings. The molecule has 8 nitrogen and oxygen atoms in total. The molecule has 0 spiro atoms. The Morgan fingerprint density at radius 2 is 2.20 bits per heavy atom. The molecule has 0 aromatic carbocycles. The first-order chi connectivity index (χ1) is 12.2. The highest BCUT2D eigenvalue weighted by Gasteiger charge is 2.21. The number of esters is 1. The van der Waals surface area contributed by atoms with Crippen molar-refractivity contribution >= 4 is 5.97 Å². The average Bonchev–Trinajstić information content (AvgIpc) is 3.26. The van der Waals surface area contributed by atoms with Crippen LogP contribution in [0.5, 0.6) is 0 Å². The molecule has 130 valence electrons. The number of aromatic nitrogens is 4. The van der Waals surface area contributed by atoms with Crippen LogP contribution < -0.4 is 0 Å². The second-order valence-corrected chi connectivity index (χ2v) is 5.49. The van der Waals surface area contributed by atoms with Gasteiger partial charge in [0, 0.05) is 25.4 Å². The van der Waals surface area contributed by atoms with Gasteiger partial charge in [0.25, 0.3) is 0 Å². The monoisotopic (exact) mass is 341 g/mol. The molecule has 0 aliphatic rings. The Morgan fingerprint density at radius 3 is 2.88 bits per heavy atom. The van der Waals surface area contributed by atoms with Gasteiger partial charge >= 0.3 is 5.97 Å². The van der Waals surface area contributed by atoms with E-state index in [1.54, 1.807) is 23.9 Å². The minimum atomic E-state index is -0.394. The van der Waals surface area contributed by atoms with Crippen LogP contribution in [0.2, 0.25) is 0 Å². The first kappa shape index (κ1) is 16.8. The highest BCUT2D eigenvalue weighted by atomic mass is 16.5. The molecule has 3 rings (SSSR count). The van der Waals surface area contributed by atoms with E-state index < -0.39 is 5.97 Å². The summed E-state index contributed by atoms with van der Waals surface area (Å²) in [5, 5.41) is 8.24. The largest absolute Gasteiger partial charge is 0.462 e. The zero-order valence-electron chi connectivity index (χ0n) is 14.1. The predicted octanol–water partition coefficient (Wildman–Crippen LogP) is 2.06. The standard InChI is InChI=1S/C17H19N5O3/c1-3-24-17(23)14-10-19-22(16-6-4-5-8-18-16)15(14)12-21(2)11-13-7-9-25-20-13/h4-10H,3,11-12H2,1-2H3. The molecule has 0 fully saturated rings. The quantitative estimate of drug-likeness (QED) is 0.608. The summed E-state index contributed by atoms with van der Waals surface area (Å²) in [5.41, 5.74) is 1.95. The smallest absolute Gasteiger partial charge is 0.341 e. The number of nitrogens with zero attached hydrogens (tertiary/aromatic N) is 5. The molecule has 0 aliphatic heterocycles. The van der Waals surface area contributed by atoms with Crippen molar-refractivity contribution in [2.45, 2.75) is 20.0 Å². The van der Waals surface area contributed by atoms with Crippen LogP contribution in [0, 0.1) is 0 Å². The van der Waals surface area contributed by atoms with Gasteiger partial charge < -0.3 is 9.26 Å². The summed E-state index contributed by atoms with van der Waals surface area (Å²) in [6.45, 7) is 3.13. The number of rotatable bonds is 7. The molecule has 0 N–H and O–H groups in total. The summed E-state index contributed by atoms with van der Waals surface area (Å²) in [7, 11) is 1.93. The van der Waals surface area contributed by atoms with Gasteiger partial charge in [-0.3, -0.25) is 4.90 Å². The van der Waals surface area contributed by atoms with Crippen LogP contribution >= 0.6 is 0 Å². The number of ether oxygens (including phenoxy) is 1. The van der Waals surface area contributed by atoms with Crippen LogP contribution in [0.1, 0.15) is 28.7 Å². The van der Waals surface area contributed by atoms with Crippen molar-refractivity contribution in [3.8, 4) is 5.82 Å². The van der Waals surface area contributed by atoms with Crippen LogP contribution in [-0.4, -0.2) is 44.4 Å². The molecule has 0 amide bonds. The van der Waals surface area contributed by atoms with E-state index in [9.17, 15) is 4.79 Å². The zero-order valence-corrected chi connectivity index (χ0v) is 14.1. The topological polar surface area (TPSA) is 86.3 Å². The molecule has 25 heavy (non-hydrogen) atoms. The Morgan fingerprint density at radius 1 is 1.32 bits per heavy atom. The highest BCUT2D eigenvalue weighted by molar-refractivity contribution is 5.90. The normalized spacial score (nSPS) is 11.0. The summed E-state index contributed by atoms with van der Waals surface area (Å²) in [4.78, 5) is 18.6. The number of hydrogen-bond acceptors (Lipinski definition) is 7. The molecule has 3 aromatic heterocycles. The third-order valence-electron chi connectivity index (χ3n) is 3.57. The Hall–Kier alpha value is -3.00.